The molecule has 0 fully saturated rings. The van der Waals surface area contributed by atoms with Gasteiger partial charge in [0.15, 0.2) is 5.13 Å². The zero-order valence-electron chi connectivity index (χ0n) is 19.0. The topological polar surface area (TPSA) is 122 Å². The molecule has 11 heteroatoms. The first-order valence-corrected chi connectivity index (χ1v) is 12.6. The van der Waals surface area contributed by atoms with Gasteiger partial charge in [-0.25, -0.2) is 9.97 Å². The van der Waals surface area contributed by atoms with E-state index < -0.39 is 5.91 Å². The molecule has 5 rings (SSSR count). The summed E-state index contributed by atoms with van der Waals surface area (Å²) in [7, 11) is 0. The lowest BCUT2D eigenvalue weighted by molar-refractivity contribution is -0.112. The second-order valence-corrected chi connectivity index (χ2v) is 9.67. The minimum atomic E-state index is -0.529. The third-order valence-corrected chi connectivity index (χ3v) is 7.10. The molecule has 36 heavy (non-hydrogen) atoms. The molecule has 0 aliphatic rings. The van der Waals surface area contributed by atoms with Gasteiger partial charge in [-0.15, -0.1) is 0 Å². The van der Waals surface area contributed by atoms with E-state index in [1.165, 1.54) is 39.3 Å². The van der Waals surface area contributed by atoms with Gasteiger partial charge >= 0.3 is 0 Å². The van der Waals surface area contributed by atoms with Crippen molar-refractivity contribution < 1.29 is 9.53 Å². The van der Waals surface area contributed by atoms with Gasteiger partial charge in [-0.2, -0.15) is 14.9 Å². The summed E-state index contributed by atoms with van der Waals surface area (Å²) in [6.07, 6.45) is 2.23. The number of anilines is 1. The molecule has 0 aliphatic carbocycles. The van der Waals surface area contributed by atoms with E-state index in [1.54, 1.807) is 24.3 Å². The maximum atomic E-state index is 12.6. The smallest absolute Gasteiger partial charge is 0.275 e. The molecule has 0 aliphatic heterocycles. The number of aromatic nitrogens is 4. The summed E-state index contributed by atoms with van der Waals surface area (Å²) in [6, 6.07) is 17.8. The Hall–Kier alpha value is -4.40. The Kier molecular flexibility index (Phi) is 6.53. The highest BCUT2D eigenvalue weighted by Gasteiger charge is 2.13. The van der Waals surface area contributed by atoms with Crippen molar-refractivity contribution in [3.05, 3.63) is 86.8 Å². The van der Waals surface area contributed by atoms with Crippen LogP contribution in [0.3, 0.4) is 0 Å². The van der Waals surface area contributed by atoms with Crippen LogP contribution < -0.4 is 15.6 Å². The van der Waals surface area contributed by atoms with Crippen molar-refractivity contribution in [1.82, 2.24) is 19.6 Å². The number of nitrogens with zero attached hydrogens (tertiary/aromatic N) is 5. The molecule has 0 unspecified atom stereocenters. The number of fused-ring (bicyclic) bond motifs is 2. The van der Waals surface area contributed by atoms with Crippen molar-refractivity contribution in [2.75, 3.05) is 5.32 Å². The maximum absolute atomic E-state index is 12.6. The normalized spacial score (nSPS) is 11.5. The van der Waals surface area contributed by atoms with E-state index in [9.17, 15) is 14.9 Å². The third-order valence-electron chi connectivity index (χ3n) is 5.10. The Labute approximate surface area is 213 Å². The van der Waals surface area contributed by atoms with Crippen LogP contribution in [0.15, 0.2) is 65.0 Å². The minimum absolute atomic E-state index is 0.0445. The van der Waals surface area contributed by atoms with Crippen molar-refractivity contribution in [3.63, 3.8) is 0 Å². The Morgan fingerprint density at radius 3 is 2.72 bits per heavy atom. The van der Waals surface area contributed by atoms with E-state index in [2.05, 4.69) is 20.4 Å². The standard InChI is InChI=1S/C25H18N6O3S2/c1-2-21-30-31-22(32)12-17(27-25(31)36-21)14-34-18-9-7-15(8-10-18)11-16(13-26)23(33)29-24-28-19-5-3-4-6-20(19)35-24/h3-12H,2,14H2,1H3,(H,28,29,33). The average Bonchev–Trinajstić information content (AvgIpc) is 3.50. The highest BCUT2D eigenvalue weighted by molar-refractivity contribution is 7.22. The van der Waals surface area contributed by atoms with E-state index in [0.717, 1.165) is 21.6 Å². The van der Waals surface area contributed by atoms with Crippen LogP contribution in [0, 0.1) is 11.3 Å². The van der Waals surface area contributed by atoms with Crippen LogP contribution in [-0.4, -0.2) is 25.5 Å². The number of hydrogen-bond acceptors (Lipinski definition) is 9. The van der Waals surface area contributed by atoms with E-state index in [0.29, 0.717) is 27.1 Å². The first kappa shape index (κ1) is 23.3. The second-order valence-electron chi connectivity index (χ2n) is 7.60. The van der Waals surface area contributed by atoms with E-state index in [-0.39, 0.29) is 17.7 Å². The molecule has 0 radical (unpaired) electrons. The van der Waals surface area contributed by atoms with Gasteiger partial charge < -0.3 is 4.74 Å². The van der Waals surface area contributed by atoms with Gasteiger partial charge in [-0.05, 0) is 42.3 Å². The van der Waals surface area contributed by atoms with Gasteiger partial charge in [0.1, 0.15) is 29.0 Å². The SMILES string of the molecule is CCc1nn2c(=O)cc(COc3ccc(C=C(C#N)C(=O)Nc4nc5ccccc5s4)cc3)nc2s1. The Balaban J connectivity index is 1.25. The van der Waals surface area contributed by atoms with Crippen LogP contribution in [0.4, 0.5) is 5.13 Å². The molecule has 2 aromatic carbocycles. The lowest BCUT2D eigenvalue weighted by Gasteiger charge is -2.06. The minimum Gasteiger partial charge on any atom is -0.487 e. The number of ether oxygens (including phenoxy) is 1. The Bertz CT molecular complexity index is 1680. The highest BCUT2D eigenvalue weighted by atomic mass is 32.1. The summed E-state index contributed by atoms with van der Waals surface area (Å²) >= 11 is 2.72. The molecule has 0 saturated heterocycles. The van der Waals surface area contributed by atoms with Gasteiger partial charge in [0.05, 0.1) is 15.9 Å². The van der Waals surface area contributed by atoms with Crippen LogP contribution >= 0.6 is 22.7 Å². The van der Waals surface area contributed by atoms with Crippen LogP contribution in [0.25, 0.3) is 21.3 Å². The lowest BCUT2D eigenvalue weighted by atomic mass is 10.1. The summed E-state index contributed by atoms with van der Waals surface area (Å²) in [5, 5.41) is 17.7. The van der Waals surface area contributed by atoms with Gasteiger partial charge in [-0.3, -0.25) is 14.9 Å². The number of rotatable bonds is 7. The molecular weight excluding hydrogens is 496 g/mol. The summed E-state index contributed by atoms with van der Waals surface area (Å²) in [6.45, 7) is 2.09. The van der Waals surface area contributed by atoms with Crippen molar-refractivity contribution in [2.24, 2.45) is 0 Å². The zero-order chi connectivity index (χ0) is 25.1. The molecule has 0 bridgehead atoms. The largest absolute Gasteiger partial charge is 0.487 e. The molecule has 1 amide bonds. The lowest BCUT2D eigenvalue weighted by Crippen LogP contribution is -2.16. The number of nitrogens with one attached hydrogen (secondary N) is 1. The molecule has 178 valence electrons. The predicted molar refractivity (Wildman–Crippen MR) is 139 cm³/mol. The molecule has 1 N–H and O–H groups in total. The molecule has 0 atom stereocenters. The van der Waals surface area contributed by atoms with E-state index in [4.69, 9.17) is 4.74 Å². The van der Waals surface area contributed by atoms with Crippen molar-refractivity contribution in [1.29, 1.82) is 5.26 Å². The Morgan fingerprint density at radius 2 is 1.97 bits per heavy atom. The number of thiazole rings is 1. The number of amides is 1. The predicted octanol–water partition coefficient (Wildman–Crippen LogP) is 4.45. The monoisotopic (exact) mass is 514 g/mol. The number of nitriles is 1. The molecule has 3 aromatic heterocycles. The number of benzene rings is 2. The van der Waals surface area contributed by atoms with Crippen molar-refractivity contribution in [3.8, 4) is 11.8 Å². The number of hydrogen-bond donors (Lipinski definition) is 1. The van der Waals surface area contributed by atoms with Crippen molar-refractivity contribution >= 4 is 55.0 Å². The quantitative estimate of drug-likeness (QED) is 0.251. The number of carbonyl (C=O) groups excluding carboxylic acids is 1. The molecule has 3 heterocycles. The Morgan fingerprint density at radius 1 is 1.17 bits per heavy atom. The fourth-order valence-electron chi connectivity index (χ4n) is 3.34. The molecular formula is C25H18N6O3S2. The third kappa shape index (κ3) is 5.00. The average molecular weight is 515 g/mol. The zero-order valence-corrected chi connectivity index (χ0v) is 20.6. The van der Waals surface area contributed by atoms with Crippen LogP contribution in [0.1, 0.15) is 23.2 Å². The summed E-state index contributed by atoms with van der Waals surface area (Å²) in [4.78, 5) is 34.2. The first-order valence-electron chi connectivity index (χ1n) is 10.9. The second kappa shape index (κ2) is 10.1. The molecule has 0 spiro atoms. The first-order chi connectivity index (χ1) is 17.5. The number of carbonyl (C=O) groups is 1. The van der Waals surface area contributed by atoms with Crippen LogP contribution in [-0.2, 0) is 17.8 Å². The summed E-state index contributed by atoms with van der Waals surface area (Å²) < 4.78 is 8.02. The van der Waals surface area contributed by atoms with Crippen LogP contribution in [0.5, 0.6) is 5.75 Å². The van der Waals surface area contributed by atoms with Gasteiger partial charge in [-0.1, -0.05) is 53.9 Å². The van der Waals surface area contributed by atoms with Gasteiger partial charge in [0, 0.05) is 6.07 Å². The number of aryl methyl sites for hydroxylation is 1. The highest BCUT2D eigenvalue weighted by Crippen LogP contribution is 2.26. The molecule has 9 nitrogen and oxygen atoms in total. The van der Waals surface area contributed by atoms with Crippen LogP contribution in [0.2, 0.25) is 0 Å². The van der Waals surface area contributed by atoms with Gasteiger partial charge in [0.2, 0.25) is 4.96 Å². The fourth-order valence-corrected chi connectivity index (χ4v) is 5.05. The maximum Gasteiger partial charge on any atom is 0.275 e. The summed E-state index contributed by atoms with van der Waals surface area (Å²) in [5.41, 5.74) is 1.66. The van der Waals surface area contributed by atoms with E-state index >= 15 is 0 Å². The van der Waals surface area contributed by atoms with E-state index in [1.807, 2.05) is 37.3 Å². The van der Waals surface area contributed by atoms with Crippen molar-refractivity contribution in [2.45, 2.75) is 20.0 Å². The molecule has 0 saturated carbocycles. The van der Waals surface area contributed by atoms with Gasteiger partial charge in [0.25, 0.3) is 11.5 Å². The summed E-state index contributed by atoms with van der Waals surface area (Å²) in [5.74, 6) is 0.0315. The molecule has 5 aromatic rings. The fraction of sp³-hybridized carbons (Fsp3) is 0.120. The number of para-hydroxylation sites is 1.